The SMILES string of the molecule is CN1CCC(Nc2ccc(OC3CCCC3)cc2)C1. The number of nitrogens with one attached hydrogen (secondary N) is 1. The molecule has 1 N–H and O–H groups in total. The van der Waals surface area contributed by atoms with Gasteiger partial charge in [0.1, 0.15) is 5.75 Å². The van der Waals surface area contributed by atoms with Crippen molar-refractivity contribution in [3.05, 3.63) is 24.3 Å². The molecule has 104 valence electrons. The Bertz CT molecular complexity index is 398. The van der Waals surface area contributed by atoms with E-state index in [0.717, 1.165) is 12.3 Å². The molecule has 0 aromatic heterocycles. The second-order valence-electron chi connectivity index (χ2n) is 5.94. The minimum absolute atomic E-state index is 0.447. The zero-order valence-corrected chi connectivity index (χ0v) is 11.8. The first-order valence-electron chi connectivity index (χ1n) is 7.51. The van der Waals surface area contributed by atoms with Crippen LogP contribution in [-0.4, -0.2) is 37.2 Å². The number of rotatable bonds is 4. The van der Waals surface area contributed by atoms with E-state index in [2.05, 4.69) is 41.5 Å². The van der Waals surface area contributed by atoms with Gasteiger partial charge in [-0.3, -0.25) is 0 Å². The minimum Gasteiger partial charge on any atom is -0.490 e. The highest BCUT2D eigenvalue weighted by molar-refractivity contribution is 5.47. The van der Waals surface area contributed by atoms with Crippen molar-refractivity contribution in [3.8, 4) is 5.75 Å². The van der Waals surface area contributed by atoms with Crippen LogP contribution in [0.15, 0.2) is 24.3 Å². The van der Waals surface area contributed by atoms with Crippen molar-refractivity contribution in [2.24, 2.45) is 0 Å². The maximum atomic E-state index is 5.98. The molecule has 1 saturated carbocycles. The van der Waals surface area contributed by atoms with E-state index in [9.17, 15) is 0 Å². The molecule has 2 fully saturated rings. The molecule has 3 nitrogen and oxygen atoms in total. The molecule has 0 bridgehead atoms. The van der Waals surface area contributed by atoms with Crippen LogP contribution >= 0.6 is 0 Å². The molecule has 1 heterocycles. The predicted molar refractivity (Wildman–Crippen MR) is 78.9 cm³/mol. The summed E-state index contributed by atoms with van der Waals surface area (Å²) in [5.41, 5.74) is 1.21. The van der Waals surface area contributed by atoms with Crippen molar-refractivity contribution in [2.75, 3.05) is 25.5 Å². The molecule has 1 aliphatic carbocycles. The van der Waals surface area contributed by atoms with E-state index in [1.54, 1.807) is 0 Å². The van der Waals surface area contributed by atoms with Gasteiger partial charge >= 0.3 is 0 Å². The van der Waals surface area contributed by atoms with Gasteiger partial charge in [-0.1, -0.05) is 0 Å². The first-order valence-corrected chi connectivity index (χ1v) is 7.51. The number of hydrogen-bond acceptors (Lipinski definition) is 3. The van der Waals surface area contributed by atoms with E-state index >= 15 is 0 Å². The van der Waals surface area contributed by atoms with Gasteiger partial charge in [-0.2, -0.15) is 0 Å². The van der Waals surface area contributed by atoms with Crippen LogP contribution in [0.5, 0.6) is 5.75 Å². The number of anilines is 1. The van der Waals surface area contributed by atoms with E-state index in [1.807, 2.05) is 0 Å². The molecule has 3 rings (SSSR count). The van der Waals surface area contributed by atoms with Gasteiger partial charge in [-0.15, -0.1) is 0 Å². The quantitative estimate of drug-likeness (QED) is 0.900. The van der Waals surface area contributed by atoms with Gasteiger partial charge in [0.2, 0.25) is 0 Å². The van der Waals surface area contributed by atoms with Gasteiger partial charge in [0.05, 0.1) is 6.10 Å². The number of nitrogens with zero attached hydrogens (tertiary/aromatic N) is 1. The molecule has 0 amide bonds. The largest absolute Gasteiger partial charge is 0.490 e. The van der Waals surface area contributed by atoms with Crippen molar-refractivity contribution in [1.29, 1.82) is 0 Å². The van der Waals surface area contributed by atoms with Crippen molar-refractivity contribution in [3.63, 3.8) is 0 Å². The van der Waals surface area contributed by atoms with E-state index in [-0.39, 0.29) is 0 Å². The Morgan fingerprint density at radius 3 is 2.47 bits per heavy atom. The van der Waals surface area contributed by atoms with E-state index in [0.29, 0.717) is 12.1 Å². The average molecular weight is 260 g/mol. The van der Waals surface area contributed by atoms with Crippen LogP contribution in [0.25, 0.3) is 0 Å². The third kappa shape index (κ3) is 3.41. The maximum absolute atomic E-state index is 5.98. The molecule has 3 heteroatoms. The molecule has 1 aliphatic heterocycles. The van der Waals surface area contributed by atoms with Crippen LogP contribution in [0, 0.1) is 0 Å². The normalized spacial score (nSPS) is 24.8. The standard InChI is InChI=1S/C16H24N2O/c1-18-11-10-14(12-18)17-13-6-8-16(9-7-13)19-15-4-2-3-5-15/h6-9,14-15,17H,2-5,10-12H2,1H3. The minimum atomic E-state index is 0.447. The topological polar surface area (TPSA) is 24.5 Å². The third-order valence-corrected chi connectivity index (χ3v) is 4.22. The predicted octanol–water partition coefficient (Wildman–Crippen LogP) is 3.12. The summed E-state index contributed by atoms with van der Waals surface area (Å²) in [5.74, 6) is 1.01. The number of hydrogen-bond donors (Lipinski definition) is 1. The highest BCUT2D eigenvalue weighted by Gasteiger charge is 2.19. The molecule has 19 heavy (non-hydrogen) atoms. The van der Waals surface area contributed by atoms with Gasteiger partial charge in [0.25, 0.3) is 0 Å². The van der Waals surface area contributed by atoms with Crippen LogP contribution < -0.4 is 10.1 Å². The highest BCUT2D eigenvalue weighted by Crippen LogP contribution is 2.25. The van der Waals surface area contributed by atoms with Crippen molar-refractivity contribution in [1.82, 2.24) is 4.90 Å². The fourth-order valence-corrected chi connectivity index (χ4v) is 3.12. The number of likely N-dealkylation sites (tertiary alicyclic amines) is 1. The first-order chi connectivity index (χ1) is 9.29. The summed E-state index contributed by atoms with van der Waals surface area (Å²) in [6.45, 7) is 2.33. The molecule has 1 saturated heterocycles. The lowest BCUT2D eigenvalue weighted by Crippen LogP contribution is -2.23. The molecule has 1 aromatic rings. The third-order valence-electron chi connectivity index (χ3n) is 4.22. The number of likely N-dealkylation sites (N-methyl/N-ethyl adjacent to an activating group) is 1. The second-order valence-corrected chi connectivity index (χ2v) is 5.94. The summed E-state index contributed by atoms with van der Waals surface area (Å²) in [6.07, 6.45) is 6.75. The molecule has 1 aromatic carbocycles. The zero-order valence-electron chi connectivity index (χ0n) is 11.8. The lowest BCUT2D eigenvalue weighted by Gasteiger charge is -2.16. The Balaban J connectivity index is 1.53. The van der Waals surface area contributed by atoms with Crippen LogP contribution in [0.1, 0.15) is 32.1 Å². The molecular formula is C16H24N2O. The van der Waals surface area contributed by atoms with Crippen molar-refractivity contribution >= 4 is 5.69 Å². The Morgan fingerprint density at radius 1 is 1.11 bits per heavy atom. The van der Waals surface area contributed by atoms with Crippen LogP contribution in [-0.2, 0) is 0 Å². The lowest BCUT2D eigenvalue weighted by atomic mass is 10.2. The number of benzene rings is 1. The van der Waals surface area contributed by atoms with Gasteiger partial charge in [0, 0.05) is 18.3 Å². The summed E-state index contributed by atoms with van der Waals surface area (Å²) in [5, 5.41) is 3.59. The van der Waals surface area contributed by atoms with Gasteiger partial charge < -0.3 is 15.0 Å². The van der Waals surface area contributed by atoms with E-state index < -0.39 is 0 Å². The monoisotopic (exact) mass is 260 g/mol. The maximum Gasteiger partial charge on any atom is 0.119 e. The molecule has 0 spiro atoms. The Kier molecular flexibility index (Phi) is 3.92. The lowest BCUT2D eigenvalue weighted by molar-refractivity contribution is 0.210. The van der Waals surface area contributed by atoms with E-state index in [4.69, 9.17) is 4.74 Å². The summed E-state index contributed by atoms with van der Waals surface area (Å²) >= 11 is 0. The van der Waals surface area contributed by atoms with Gasteiger partial charge in [-0.05, 0) is 70.0 Å². The fourth-order valence-electron chi connectivity index (χ4n) is 3.12. The highest BCUT2D eigenvalue weighted by atomic mass is 16.5. The van der Waals surface area contributed by atoms with Gasteiger partial charge in [-0.25, -0.2) is 0 Å². The molecule has 1 atom stereocenters. The fraction of sp³-hybridized carbons (Fsp3) is 0.625. The second kappa shape index (κ2) is 5.83. The van der Waals surface area contributed by atoms with Crippen molar-refractivity contribution < 1.29 is 4.74 Å². The van der Waals surface area contributed by atoms with Crippen LogP contribution in [0.2, 0.25) is 0 Å². The van der Waals surface area contributed by atoms with Crippen molar-refractivity contribution in [2.45, 2.75) is 44.2 Å². The Labute approximate surface area is 115 Å². The van der Waals surface area contributed by atoms with E-state index in [1.165, 1.54) is 44.3 Å². The van der Waals surface area contributed by atoms with Crippen LogP contribution in [0.4, 0.5) is 5.69 Å². The molecule has 2 aliphatic rings. The first kappa shape index (κ1) is 12.8. The molecular weight excluding hydrogens is 236 g/mol. The Morgan fingerprint density at radius 2 is 1.84 bits per heavy atom. The average Bonchev–Trinajstić information content (AvgIpc) is 3.04. The zero-order chi connectivity index (χ0) is 13.1. The van der Waals surface area contributed by atoms with Crippen LogP contribution in [0.3, 0.4) is 0 Å². The molecule has 0 radical (unpaired) electrons. The van der Waals surface area contributed by atoms with Gasteiger partial charge in [0.15, 0.2) is 0 Å². The summed E-state index contributed by atoms with van der Waals surface area (Å²) in [6, 6.07) is 9.07. The molecule has 1 unspecified atom stereocenters. The smallest absolute Gasteiger partial charge is 0.119 e. The summed E-state index contributed by atoms with van der Waals surface area (Å²) < 4.78 is 5.98. The number of ether oxygens (including phenoxy) is 1. The summed E-state index contributed by atoms with van der Waals surface area (Å²) in [7, 11) is 2.18. The summed E-state index contributed by atoms with van der Waals surface area (Å²) in [4.78, 5) is 2.37. The Hall–Kier alpha value is -1.22.